The van der Waals surface area contributed by atoms with Gasteiger partial charge in [0, 0.05) is 6.42 Å². The predicted molar refractivity (Wildman–Crippen MR) is 175 cm³/mol. The van der Waals surface area contributed by atoms with Crippen LogP contribution in [0.25, 0.3) is 0 Å². The van der Waals surface area contributed by atoms with Crippen molar-refractivity contribution in [2.24, 2.45) is 0 Å². The Balaban J connectivity index is 3.44. The van der Waals surface area contributed by atoms with Crippen molar-refractivity contribution in [2.45, 2.75) is 219 Å². The van der Waals surface area contributed by atoms with E-state index in [1.54, 1.807) is 0 Å². The molecular formula is C36H73NO3. The van der Waals surface area contributed by atoms with Gasteiger partial charge in [0.05, 0.1) is 18.8 Å². The van der Waals surface area contributed by atoms with Gasteiger partial charge in [-0.3, -0.25) is 4.79 Å². The van der Waals surface area contributed by atoms with Crippen molar-refractivity contribution >= 4 is 5.91 Å². The molecule has 0 saturated heterocycles. The molecule has 0 aliphatic carbocycles. The zero-order chi connectivity index (χ0) is 29.4. The van der Waals surface area contributed by atoms with Crippen LogP contribution in [0.4, 0.5) is 0 Å². The van der Waals surface area contributed by atoms with Crippen molar-refractivity contribution in [3.63, 3.8) is 0 Å². The average molecular weight is 568 g/mol. The maximum Gasteiger partial charge on any atom is 0.220 e. The van der Waals surface area contributed by atoms with Crippen LogP contribution in [0.5, 0.6) is 0 Å². The number of hydrogen-bond donors (Lipinski definition) is 3. The lowest BCUT2D eigenvalue weighted by atomic mass is 10.0. The van der Waals surface area contributed by atoms with Gasteiger partial charge in [0.15, 0.2) is 0 Å². The molecule has 0 aliphatic rings. The van der Waals surface area contributed by atoms with E-state index >= 15 is 0 Å². The first-order valence-electron chi connectivity index (χ1n) is 18.2. The largest absolute Gasteiger partial charge is 0.394 e. The van der Waals surface area contributed by atoms with Crippen LogP contribution in [-0.2, 0) is 4.79 Å². The van der Waals surface area contributed by atoms with Crippen LogP contribution in [-0.4, -0.2) is 34.9 Å². The normalized spacial score (nSPS) is 13.0. The number of rotatable bonds is 33. The first-order chi connectivity index (χ1) is 19.7. The van der Waals surface area contributed by atoms with Crippen LogP contribution in [0, 0.1) is 0 Å². The Hall–Kier alpha value is -0.610. The van der Waals surface area contributed by atoms with E-state index in [0.717, 1.165) is 25.7 Å². The summed E-state index contributed by atoms with van der Waals surface area (Å²) in [5, 5.41) is 22.9. The van der Waals surface area contributed by atoms with Gasteiger partial charge >= 0.3 is 0 Å². The summed E-state index contributed by atoms with van der Waals surface area (Å²) in [4.78, 5) is 12.3. The molecule has 0 saturated carbocycles. The van der Waals surface area contributed by atoms with Gasteiger partial charge in [-0.1, -0.05) is 187 Å². The number of nitrogens with one attached hydrogen (secondary N) is 1. The molecule has 0 aliphatic heterocycles. The summed E-state index contributed by atoms with van der Waals surface area (Å²) in [5.41, 5.74) is 0. The maximum absolute atomic E-state index is 12.3. The molecule has 3 N–H and O–H groups in total. The van der Waals surface area contributed by atoms with E-state index in [4.69, 9.17) is 0 Å². The second-order valence-corrected chi connectivity index (χ2v) is 12.7. The number of carbonyl (C=O) groups is 1. The van der Waals surface area contributed by atoms with Crippen LogP contribution in [0.3, 0.4) is 0 Å². The van der Waals surface area contributed by atoms with Crippen molar-refractivity contribution in [3.05, 3.63) is 0 Å². The van der Waals surface area contributed by atoms with Gasteiger partial charge < -0.3 is 15.5 Å². The number of amides is 1. The van der Waals surface area contributed by atoms with Gasteiger partial charge in [-0.05, 0) is 12.8 Å². The second kappa shape index (κ2) is 32.9. The molecule has 0 radical (unpaired) electrons. The summed E-state index contributed by atoms with van der Waals surface area (Å²) >= 11 is 0. The third-order valence-electron chi connectivity index (χ3n) is 8.62. The van der Waals surface area contributed by atoms with Gasteiger partial charge in [0.2, 0.25) is 5.91 Å². The van der Waals surface area contributed by atoms with E-state index in [1.807, 2.05) is 0 Å². The molecule has 0 aromatic heterocycles. The molecule has 2 atom stereocenters. The molecule has 0 aromatic rings. The fourth-order valence-corrected chi connectivity index (χ4v) is 5.77. The number of carbonyl (C=O) groups excluding carboxylic acids is 1. The van der Waals surface area contributed by atoms with Gasteiger partial charge in [-0.2, -0.15) is 0 Å². The van der Waals surface area contributed by atoms with Crippen LogP contribution >= 0.6 is 0 Å². The summed E-state index contributed by atoms with van der Waals surface area (Å²) < 4.78 is 0. The Bertz CT molecular complexity index is 498. The fraction of sp³-hybridized carbons (Fsp3) is 0.972. The summed E-state index contributed by atoms with van der Waals surface area (Å²) in [7, 11) is 0. The molecule has 240 valence electrons. The molecule has 0 aromatic carbocycles. The first-order valence-corrected chi connectivity index (χ1v) is 18.2. The zero-order valence-electron chi connectivity index (χ0n) is 27.4. The molecule has 0 spiro atoms. The van der Waals surface area contributed by atoms with Crippen molar-refractivity contribution in [1.82, 2.24) is 5.32 Å². The van der Waals surface area contributed by atoms with E-state index in [2.05, 4.69) is 19.2 Å². The van der Waals surface area contributed by atoms with E-state index < -0.39 is 12.1 Å². The lowest BCUT2D eigenvalue weighted by Crippen LogP contribution is -2.45. The Kier molecular flexibility index (Phi) is 32.4. The summed E-state index contributed by atoms with van der Waals surface area (Å²) in [5.74, 6) is -0.0311. The highest BCUT2D eigenvalue weighted by Gasteiger charge is 2.19. The summed E-state index contributed by atoms with van der Waals surface area (Å²) in [6.07, 6.45) is 37.4. The first kappa shape index (κ1) is 39.4. The van der Waals surface area contributed by atoms with Crippen molar-refractivity contribution in [1.29, 1.82) is 0 Å². The number of aliphatic hydroxyl groups is 2. The number of aliphatic hydroxyl groups excluding tert-OH is 2. The number of hydrogen-bond acceptors (Lipinski definition) is 3. The summed E-state index contributed by atoms with van der Waals surface area (Å²) in [6.45, 7) is 4.33. The number of unbranched alkanes of at least 4 members (excludes halogenated alkanes) is 26. The highest BCUT2D eigenvalue weighted by molar-refractivity contribution is 5.76. The topological polar surface area (TPSA) is 69.6 Å². The molecule has 4 nitrogen and oxygen atoms in total. The van der Waals surface area contributed by atoms with E-state index in [-0.39, 0.29) is 12.5 Å². The zero-order valence-corrected chi connectivity index (χ0v) is 27.4. The lowest BCUT2D eigenvalue weighted by molar-refractivity contribution is -0.123. The van der Waals surface area contributed by atoms with E-state index in [9.17, 15) is 15.0 Å². The molecule has 40 heavy (non-hydrogen) atoms. The molecule has 0 bridgehead atoms. The minimum Gasteiger partial charge on any atom is -0.394 e. The Labute approximate surface area is 251 Å². The average Bonchev–Trinajstić information content (AvgIpc) is 2.96. The van der Waals surface area contributed by atoms with Gasteiger partial charge in [-0.15, -0.1) is 0 Å². The van der Waals surface area contributed by atoms with Crippen LogP contribution in [0.2, 0.25) is 0 Å². The molecule has 0 rings (SSSR count). The maximum atomic E-state index is 12.3. The van der Waals surface area contributed by atoms with Gasteiger partial charge in [-0.25, -0.2) is 0 Å². The molecule has 4 heteroatoms. The van der Waals surface area contributed by atoms with Crippen LogP contribution in [0.1, 0.15) is 206 Å². The van der Waals surface area contributed by atoms with Crippen LogP contribution in [0.15, 0.2) is 0 Å². The van der Waals surface area contributed by atoms with Crippen molar-refractivity contribution in [2.75, 3.05) is 6.61 Å². The molecule has 0 fully saturated rings. The van der Waals surface area contributed by atoms with Crippen molar-refractivity contribution < 1.29 is 15.0 Å². The minimum absolute atomic E-state index is 0.0311. The smallest absolute Gasteiger partial charge is 0.220 e. The quantitative estimate of drug-likeness (QED) is 0.0691. The van der Waals surface area contributed by atoms with Gasteiger partial charge in [0.1, 0.15) is 0 Å². The third kappa shape index (κ3) is 28.9. The Morgan fingerprint density at radius 3 is 1.12 bits per heavy atom. The molecule has 1 amide bonds. The fourth-order valence-electron chi connectivity index (χ4n) is 5.77. The SMILES string of the molecule is CCCCCCCCCCCCCCCCCCCCCCC(=O)NC(CO)C(O)CCCCCCCCCC. The molecule has 2 unspecified atom stereocenters. The van der Waals surface area contributed by atoms with E-state index in [1.165, 1.54) is 154 Å². The predicted octanol–water partition coefficient (Wildman–Crippen LogP) is 10.6. The second-order valence-electron chi connectivity index (χ2n) is 12.7. The minimum atomic E-state index is -0.649. The monoisotopic (exact) mass is 568 g/mol. The van der Waals surface area contributed by atoms with Gasteiger partial charge in [0.25, 0.3) is 0 Å². The Morgan fingerprint density at radius 2 is 0.800 bits per heavy atom. The van der Waals surface area contributed by atoms with Crippen LogP contribution < -0.4 is 5.32 Å². The standard InChI is InChI=1S/C36H73NO3/c1-3-5-7-9-11-13-14-15-16-17-18-19-20-21-22-23-24-26-28-30-32-36(40)37-34(33-38)35(39)31-29-27-25-12-10-8-6-4-2/h34-35,38-39H,3-33H2,1-2H3,(H,37,40). The highest BCUT2D eigenvalue weighted by Crippen LogP contribution is 2.16. The molecule has 0 heterocycles. The third-order valence-corrected chi connectivity index (χ3v) is 8.62. The molecular weight excluding hydrogens is 494 g/mol. The lowest BCUT2D eigenvalue weighted by Gasteiger charge is -2.22. The highest BCUT2D eigenvalue weighted by atomic mass is 16.3. The Morgan fingerprint density at radius 1 is 0.500 bits per heavy atom. The summed E-state index contributed by atoms with van der Waals surface area (Å²) in [6, 6.07) is -0.526. The van der Waals surface area contributed by atoms with E-state index in [0.29, 0.717) is 12.8 Å². The van der Waals surface area contributed by atoms with Crippen molar-refractivity contribution in [3.8, 4) is 0 Å².